The number of likely N-dealkylation sites (N-methyl/N-ethyl adjacent to an activating group) is 1. The lowest BCUT2D eigenvalue weighted by molar-refractivity contribution is 0.0439. The SMILES string of the molecule is CNC[C@H]1OCCc2ccc(-c3ccncc3)cc21. The van der Waals surface area contributed by atoms with Crippen LogP contribution >= 0.6 is 0 Å². The van der Waals surface area contributed by atoms with Crippen molar-refractivity contribution < 1.29 is 4.74 Å². The molecule has 0 saturated heterocycles. The van der Waals surface area contributed by atoms with E-state index in [4.69, 9.17) is 4.74 Å². The van der Waals surface area contributed by atoms with Crippen molar-refractivity contribution in [3.05, 3.63) is 53.9 Å². The van der Waals surface area contributed by atoms with Gasteiger partial charge in [-0.25, -0.2) is 0 Å². The van der Waals surface area contributed by atoms with E-state index in [0.717, 1.165) is 19.6 Å². The number of hydrogen-bond donors (Lipinski definition) is 1. The lowest BCUT2D eigenvalue weighted by atomic mass is 9.93. The maximum atomic E-state index is 5.86. The van der Waals surface area contributed by atoms with E-state index in [0.29, 0.717) is 0 Å². The maximum absolute atomic E-state index is 5.86. The molecule has 0 fully saturated rings. The fourth-order valence-corrected chi connectivity index (χ4v) is 2.60. The molecule has 1 atom stereocenters. The fraction of sp³-hybridized carbons (Fsp3) is 0.312. The predicted octanol–water partition coefficient (Wildman–Crippen LogP) is 2.58. The first-order chi connectivity index (χ1) is 9.38. The van der Waals surface area contributed by atoms with Crippen molar-refractivity contribution in [3.8, 4) is 11.1 Å². The minimum absolute atomic E-state index is 0.163. The predicted molar refractivity (Wildman–Crippen MR) is 76.0 cm³/mol. The average Bonchev–Trinajstić information content (AvgIpc) is 2.48. The summed E-state index contributed by atoms with van der Waals surface area (Å²) in [5, 5.41) is 3.20. The highest BCUT2D eigenvalue weighted by atomic mass is 16.5. The van der Waals surface area contributed by atoms with Crippen LogP contribution in [0.1, 0.15) is 17.2 Å². The largest absolute Gasteiger partial charge is 0.372 e. The van der Waals surface area contributed by atoms with Crippen molar-refractivity contribution >= 4 is 0 Å². The number of fused-ring (bicyclic) bond motifs is 1. The van der Waals surface area contributed by atoms with E-state index >= 15 is 0 Å². The Balaban J connectivity index is 2.00. The van der Waals surface area contributed by atoms with Gasteiger partial charge in [-0.05, 0) is 53.9 Å². The summed E-state index contributed by atoms with van der Waals surface area (Å²) < 4.78 is 5.86. The number of benzene rings is 1. The highest BCUT2D eigenvalue weighted by molar-refractivity contribution is 5.64. The second-order valence-corrected chi connectivity index (χ2v) is 4.82. The fourth-order valence-electron chi connectivity index (χ4n) is 2.60. The zero-order valence-electron chi connectivity index (χ0n) is 11.1. The molecule has 3 heteroatoms. The Kier molecular flexibility index (Phi) is 3.58. The smallest absolute Gasteiger partial charge is 0.0952 e. The number of nitrogens with one attached hydrogen (secondary N) is 1. The van der Waals surface area contributed by atoms with Gasteiger partial charge in [0.15, 0.2) is 0 Å². The Hall–Kier alpha value is -1.71. The molecule has 3 nitrogen and oxygen atoms in total. The van der Waals surface area contributed by atoms with E-state index < -0.39 is 0 Å². The van der Waals surface area contributed by atoms with E-state index in [1.54, 1.807) is 0 Å². The molecule has 0 bridgehead atoms. The van der Waals surface area contributed by atoms with Crippen molar-refractivity contribution in [2.24, 2.45) is 0 Å². The first-order valence-corrected chi connectivity index (χ1v) is 6.68. The molecule has 0 saturated carbocycles. The molecule has 1 N–H and O–H groups in total. The van der Waals surface area contributed by atoms with Crippen LogP contribution < -0.4 is 5.32 Å². The standard InChI is InChI=1S/C16H18N2O/c1-17-11-16-15-10-14(12-4-7-18-8-5-12)3-2-13(15)6-9-19-16/h2-5,7-8,10,16-17H,6,9,11H2,1H3/t16-/m1/s1. The Morgan fingerprint density at radius 3 is 2.84 bits per heavy atom. The lowest BCUT2D eigenvalue weighted by Gasteiger charge is -2.26. The van der Waals surface area contributed by atoms with Crippen LogP contribution in [0.3, 0.4) is 0 Å². The average molecular weight is 254 g/mol. The lowest BCUT2D eigenvalue weighted by Crippen LogP contribution is -2.25. The van der Waals surface area contributed by atoms with E-state index in [9.17, 15) is 0 Å². The van der Waals surface area contributed by atoms with Crippen LogP contribution in [-0.4, -0.2) is 25.2 Å². The first-order valence-electron chi connectivity index (χ1n) is 6.68. The van der Waals surface area contributed by atoms with Crippen LogP contribution in [-0.2, 0) is 11.2 Å². The molecule has 0 radical (unpaired) electrons. The molecule has 2 heterocycles. The summed E-state index contributed by atoms with van der Waals surface area (Å²) >= 11 is 0. The van der Waals surface area contributed by atoms with Crippen molar-refractivity contribution in [3.63, 3.8) is 0 Å². The molecule has 3 rings (SSSR count). The molecule has 0 unspecified atom stereocenters. The monoisotopic (exact) mass is 254 g/mol. The third kappa shape index (κ3) is 2.53. The van der Waals surface area contributed by atoms with Gasteiger partial charge in [0.25, 0.3) is 0 Å². The Labute approximate surface area is 113 Å². The number of pyridine rings is 1. The molecule has 1 aromatic heterocycles. The zero-order chi connectivity index (χ0) is 13.1. The summed E-state index contributed by atoms with van der Waals surface area (Å²) in [6.07, 6.45) is 4.83. The van der Waals surface area contributed by atoms with Crippen LogP contribution in [0.2, 0.25) is 0 Å². The van der Waals surface area contributed by atoms with E-state index in [2.05, 4.69) is 28.5 Å². The number of ether oxygens (including phenoxy) is 1. The van der Waals surface area contributed by atoms with Gasteiger partial charge in [-0.2, -0.15) is 0 Å². The minimum Gasteiger partial charge on any atom is -0.372 e. The van der Waals surface area contributed by atoms with Crippen LogP contribution in [0.5, 0.6) is 0 Å². The van der Waals surface area contributed by atoms with Gasteiger partial charge in [-0.15, -0.1) is 0 Å². The number of nitrogens with zero attached hydrogens (tertiary/aromatic N) is 1. The van der Waals surface area contributed by atoms with Gasteiger partial charge in [0.2, 0.25) is 0 Å². The molecule has 0 aliphatic carbocycles. The first kappa shape index (κ1) is 12.3. The van der Waals surface area contributed by atoms with Crippen molar-refractivity contribution in [1.82, 2.24) is 10.3 Å². The Bertz CT molecular complexity index is 554. The molecule has 19 heavy (non-hydrogen) atoms. The second kappa shape index (κ2) is 5.51. The maximum Gasteiger partial charge on any atom is 0.0952 e. The number of hydrogen-bond acceptors (Lipinski definition) is 3. The van der Waals surface area contributed by atoms with Gasteiger partial charge >= 0.3 is 0 Å². The van der Waals surface area contributed by atoms with Crippen molar-refractivity contribution in [1.29, 1.82) is 0 Å². The van der Waals surface area contributed by atoms with Crippen LogP contribution in [0.25, 0.3) is 11.1 Å². The molecular weight excluding hydrogens is 236 g/mol. The quantitative estimate of drug-likeness (QED) is 0.914. The van der Waals surface area contributed by atoms with Gasteiger partial charge < -0.3 is 10.1 Å². The van der Waals surface area contributed by atoms with E-state index in [-0.39, 0.29) is 6.10 Å². The highest BCUT2D eigenvalue weighted by Crippen LogP contribution is 2.30. The molecule has 1 aromatic carbocycles. The third-order valence-electron chi connectivity index (χ3n) is 3.59. The summed E-state index contributed by atoms with van der Waals surface area (Å²) in [7, 11) is 1.96. The van der Waals surface area contributed by atoms with Crippen molar-refractivity contribution in [2.45, 2.75) is 12.5 Å². The molecule has 98 valence electrons. The second-order valence-electron chi connectivity index (χ2n) is 4.82. The number of rotatable bonds is 3. The molecular formula is C16H18N2O. The summed E-state index contributed by atoms with van der Waals surface area (Å²) in [6, 6.07) is 10.8. The zero-order valence-corrected chi connectivity index (χ0v) is 11.1. The van der Waals surface area contributed by atoms with Gasteiger partial charge in [0, 0.05) is 18.9 Å². The highest BCUT2D eigenvalue weighted by Gasteiger charge is 2.20. The summed E-state index contributed by atoms with van der Waals surface area (Å²) in [6.45, 7) is 1.67. The minimum atomic E-state index is 0.163. The molecule has 0 amide bonds. The summed E-state index contributed by atoms with van der Waals surface area (Å²) in [5.74, 6) is 0. The van der Waals surface area contributed by atoms with Gasteiger partial charge in [0.1, 0.15) is 0 Å². The molecule has 2 aromatic rings. The molecule has 1 aliphatic rings. The molecule has 0 spiro atoms. The normalized spacial score (nSPS) is 18.1. The van der Waals surface area contributed by atoms with Gasteiger partial charge in [0.05, 0.1) is 12.7 Å². The Morgan fingerprint density at radius 1 is 1.21 bits per heavy atom. The van der Waals surface area contributed by atoms with Gasteiger partial charge in [-0.1, -0.05) is 12.1 Å². The number of aromatic nitrogens is 1. The topological polar surface area (TPSA) is 34.1 Å². The van der Waals surface area contributed by atoms with Gasteiger partial charge in [-0.3, -0.25) is 4.98 Å². The summed E-state index contributed by atoms with van der Waals surface area (Å²) in [5.41, 5.74) is 5.15. The van der Waals surface area contributed by atoms with Crippen LogP contribution in [0, 0.1) is 0 Å². The Morgan fingerprint density at radius 2 is 2.05 bits per heavy atom. The van der Waals surface area contributed by atoms with Crippen LogP contribution in [0.15, 0.2) is 42.7 Å². The van der Waals surface area contributed by atoms with E-state index in [1.807, 2.05) is 31.6 Å². The van der Waals surface area contributed by atoms with Crippen LogP contribution in [0.4, 0.5) is 0 Å². The third-order valence-corrected chi connectivity index (χ3v) is 3.59. The summed E-state index contributed by atoms with van der Waals surface area (Å²) in [4.78, 5) is 4.07. The van der Waals surface area contributed by atoms with Crippen molar-refractivity contribution in [2.75, 3.05) is 20.2 Å². The molecule has 1 aliphatic heterocycles. The van der Waals surface area contributed by atoms with E-state index in [1.165, 1.54) is 22.3 Å².